The number of rotatable bonds is 2. The highest BCUT2D eigenvalue weighted by Gasteiger charge is 2.17. The van der Waals surface area contributed by atoms with E-state index in [0.29, 0.717) is 5.92 Å². The van der Waals surface area contributed by atoms with Gasteiger partial charge in [-0.3, -0.25) is 5.32 Å². The van der Waals surface area contributed by atoms with Gasteiger partial charge in [-0.1, -0.05) is 31.4 Å². The number of hydrogen-bond acceptors (Lipinski definition) is 3. The molecule has 0 bridgehead atoms. The molecule has 122 valence electrons. The SMILES string of the molecule is C=O.CC(C)(C)OC(=O)Nc1ccc(C2CCCCC2)cc1. The quantitative estimate of drug-likeness (QED) is 0.845. The van der Waals surface area contributed by atoms with Gasteiger partial charge in [-0.05, 0) is 57.2 Å². The number of hydrogen-bond donors (Lipinski definition) is 1. The van der Waals surface area contributed by atoms with Gasteiger partial charge in [0.05, 0.1) is 0 Å². The third-order valence-corrected chi connectivity index (χ3v) is 3.63. The summed E-state index contributed by atoms with van der Waals surface area (Å²) in [5.74, 6) is 0.694. The molecule has 1 amide bonds. The highest BCUT2D eigenvalue weighted by molar-refractivity contribution is 5.84. The summed E-state index contributed by atoms with van der Waals surface area (Å²) < 4.78 is 5.24. The molecule has 0 unspecified atom stereocenters. The maximum Gasteiger partial charge on any atom is 0.412 e. The highest BCUT2D eigenvalue weighted by Crippen LogP contribution is 2.32. The van der Waals surface area contributed by atoms with Crippen molar-refractivity contribution in [2.45, 2.75) is 64.4 Å². The summed E-state index contributed by atoms with van der Waals surface area (Å²) >= 11 is 0. The Morgan fingerprint density at radius 2 is 1.64 bits per heavy atom. The topological polar surface area (TPSA) is 55.4 Å². The molecular weight excluding hydrogens is 278 g/mol. The summed E-state index contributed by atoms with van der Waals surface area (Å²) in [6.07, 6.45) is 6.22. The van der Waals surface area contributed by atoms with Crippen LogP contribution in [0.4, 0.5) is 10.5 Å². The number of carbonyl (C=O) groups excluding carboxylic acids is 2. The van der Waals surface area contributed by atoms with E-state index in [1.54, 1.807) is 0 Å². The lowest BCUT2D eigenvalue weighted by Gasteiger charge is -2.22. The molecule has 1 aliphatic rings. The van der Waals surface area contributed by atoms with E-state index in [-0.39, 0.29) is 0 Å². The van der Waals surface area contributed by atoms with Gasteiger partial charge in [0.15, 0.2) is 0 Å². The zero-order valence-electron chi connectivity index (χ0n) is 13.9. The normalized spacial score (nSPS) is 15.4. The van der Waals surface area contributed by atoms with Crippen LogP contribution in [0, 0.1) is 0 Å². The van der Waals surface area contributed by atoms with E-state index in [4.69, 9.17) is 9.53 Å². The Morgan fingerprint density at radius 1 is 1.09 bits per heavy atom. The monoisotopic (exact) mass is 305 g/mol. The van der Waals surface area contributed by atoms with Crippen molar-refractivity contribution in [1.29, 1.82) is 0 Å². The summed E-state index contributed by atoms with van der Waals surface area (Å²) in [4.78, 5) is 19.7. The third kappa shape index (κ3) is 6.29. The van der Waals surface area contributed by atoms with Crippen LogP contribution in [0.25, 0.3) is 0 Å². The minimum absolute atomic E-state index is 0.400. The van der Waals surface area contributed by atoms with Gasteiger partial charge in [0, 0.05) is 5.69 Å². The second-order valence-electron chi connectivity index (χ2n) is 6.58. The first-order valence-electron chi connectivity index (χ1n) is 7.83. The van der Waals surface area contributed by atoms with Gasteiger partial charge in [-0.2, -0.15) is 0 Å². The molecule has 0 saturated heterocycles. The van der Waals surface area contributed by atoms with E-state index in [2.05, 4.69) is 17.4 Å². The van der Waals surface area contributed by atoms with E-state index < -0.39 is 11.7 Å². The Morgan fingerprint density at radius 3 is 2.14 bits per heavy atom. The van der Waals surface area contributed by atoms with Crippen molar-refractivity contribution in [2.24, 2.45) is 0 Å². The first-order valence-corrected chi connectivity index (χ1v) is 7.83. The van der Waals surface area contributed by atoms with Crippen LogP contribution in [0.3, 0.4) is 0 Å². The first kappa shape index (κ1) is 18.2. The molecule has 1 saturated carbocycles. The van der Waals surface area contributed by atoms with Crippen molar-refractivity contribution in [3.8, 4) is 0 Å². The van der Waals surface area contributed by atoms with Crippen molar-refractivity contribution in [1.82, 2.24) is 0 Å². The number of benzene rings is 1. The predicted molar refractivity (Wildman–Crippen MR) is 89.2 cm³/mol. The largest absolute Gasteiger partial charge is 0.444 e. The van der Waals surface area contributed by atoms with Crippen LogP contribution < -0.4 is 5.32 Å². The molecule has 0 spiro atoms. The fraction of sp³-hybridized carbons (Fsp3) is 0.556. The molecule has 1 aromatic rings. The molecule has 0 heterocycles. The van der Waals surface area contributed by atoms with Gasteiger partial charge in [-0.15, -0.1) is 0 Å². The summed E-state index contributed by atoms with van der Waals surface area (Å²) in [6.45, 7) is 7.58. The molecule has 22 heavy (non-hydrogen) atoms. The Bertz CT molecular complexity index is 456. The standard InChI is InChI=1S/C17H25NO2.CH2O/c1-17(2,3)20-16(19)18-15-11-9-14(10-12-15)13-7-5-4-6-8-13;1-2/h9-13H,4-8H2,1-3H3,(H,18,19);1H2. The Balaban J connectivity index is 0.00000116. The lowest BCUT2D eigenvalue weighted by atomic mass is 9.84. The van der Waals surface area contributed by atoms with E-state index in [9.17, 15) is 4.79 Å². The summed E-state index contributed by atoms with van der Waals surface area (Å²) in [5.41, 5.74) is 1.71. The van der Waals surface area contributed by atoms with Crippen LogP contribution in [0.1, 0.15) is 64.4 Å². The van der Waals surface area contributed by atoms with Gasteiger partial charge in [0.25, 0.3) is 0 Å². The minimum atomic E-state index is -0.466. The Labute approximate surface area is 133 Å². The van der Waals surface area contributed by atoms with Crippen molar-refractivity contribution in [3.63, 3.8) is 0 Å². The summed E-state index contributed by atoms with van der Waals surface area (Å²) in [7, 11) is 0. The molecule has 0 radical (unpaired) electrons. The van der Waals surface area contributed by atoms with E-state index >= 15 is 0 Å². The molecule has 0 atom stereocenters. The van der Waals surface area contributed by atoms with Gasteiger partial charge in [-0.25, -0.2) is 4.79 Å². The highest BCUT2D eigenvalue weighted by atomic mass is 16.6. The number of amides is 1. The van der Waals surface area contributed by atoms with Gasteiger partial charge < -0.3 is 9.53 Å². The predicted octanol–water partition coefficient (Wildman–Crippen LogP) is 4.90. The molecule has 4 heteroatoms. The van der Waals surface area contributed by atoms with Gasteiger partial charge in [0.2, 0.25) is 0 Å². The van der Waals surface area contributed by atoms with E-state index in [1.807, 2.05) is 39.7 Å². The molecule has 4 nitrogen and oxygen atoms in total. The Kier molecular flexibility index (Phi) is 7.09. The zero-order chi connectivity index (χ0) is 16.6. The van der Waals surface area contributed by atoms with Crippen LogP contribution in [-0.2, 0) is 9.53 Å². The smallest absolute Gasteiger partial charge is 0.412 e. The lowest BCUT2D eigenvalue weighted by molar-refractivity contribution is -0.0980. The zero-order valence-corrected chi connectivity index (χ0v) is 13.9. The summed E-state index contributed by atoms with van der Waals surface area (Å²) in [5, 5.41) is 2.77. The molecule has 1 fully saturated rings. The number of anilines is 1. The average molecular weight is 305 g/mol. The van der Waals surface area contributed by atoms with Gasteiger partial charge >= 0.3 is 6.09 Å². The molecule has 1 aromatic carbocycles. The van der Waals surface area contributed by atoms with Crippen LogP contribution in [0.15, 0.2) is 24.3 Å². The average Bonchev–Trinajstić information content (AvgIpc) is 2.49. The fourth-order valence-electron chi connectivity index (χ4n) is 2.70. The molecular formula is C18H27NO3. The third-order valence-electron chi connectivity index (χ3n) is 3.63. The maximum atomic E-state index is 11.7. The fourth-order valence-corrected chi connectivity index (χ4v) is 2.70. The summed E-state index contributed by atoms with van der Waals surface area (Å²) in [6, 6.07) is 8.19. The molecule has 2 rings (SSSR count). The maximum absolute atomic E-state index is 11.7. The second-order valence-corrected chi connectivity index (χ2v) is 6.58. The van der Waals surface area contributed by atoms with Crippen LogP contribution in [-0.4, -0.2) is 18.5 Å². The molecule has 1 aliphatic carbocycles. The van der Waals surface area contributed by atoms with Gasteiger partial charge in [0.1, 0.15) is 12.4 Å². The van der Waals surface area contributed by atoms with Crippen LogP contribution in [0.2, 0.25) is 0 Å². The lowest BCUT2D eigenvalue weighted by Crippen LogP contribution is -2.27. The minimum Gasteiger partial charge on any atom is -0.444 e. The first-order chi connectivity index (χ1) is 10.4. The second kappa shape index (κ2) is 8.57. The van der Waals surface area contributed by atoms with E-state index in [0.717, 1.165) is 5.69 Å². The van der Waals surface area contributed by atoms with Crippen LogP contribution >= 0.6 is 0 Å². The van der Waals surface area contributed by atoms with Crippen molar-refractivity contribution >= 4 is 18.6 Å². The number of nitrogens with one attached hydrogen (secondary N) is 1. The Hall–Kier alpha value is -1.84. The van der Waals surface area contributed by atoms with E-state index in [1.165, 1.54) is 37.7 Å². The molecule has 1 N–H and O–H groups in total. The van der Waals surface area contributed by atoms with Crippen molar-refractivity contribution in [2.75, 3.05) is 5.32 Å². The molecule has 0 aliphatic heterocycles. The van der Waals surface area contributed by atoms with Crippen LogP contribution in [0.5, 0.6) is 0 Å². The molecule has 0 aromatic heterocycles. The number of carbonyl (C=O) groups is 2. The van der Waals surface area contributed by atoms with Crippen molar-refractivity contribution < 1.29 is 14.3 Å². The van der Waals surface area contributed by atoms with Crippen molar-refractivity contribution in [3.05, 3.63) is 29.8 Å². The number of ether oxygens (including phenoxy) is 1.